The van der Waals surface area contributed by atoms with Crippen molar-refractivity contribution in [2.75, 3.05) is 0 Å². The smallest absolute Gasteiger partial charge is 0.726 e. The molecule has 8 atom stereocenters. The summed E-state index contributed by atoms with van der Waals surface area (Å²) >= 11 is 0. The van der Waals surface area contributed by atoms with Crippen LogP contribution in [0.2, 0.25) is 0 Å². The molecule has 2 aliphatic rings. The van der Waals surface area contributed by atoms with Crippen molar-refractivity contribution in [1.82, 2.24) is 0 Å². The van der Waals surface area contributed by atoms with Crippen molar-refractivity contribution >= 4 is 27.3 Å². The summed E-state index contributed by atoms with van der Waals surface area (Å²) in [7, 11) is -9.83. The third-order valence-corrected chi connectivity index (χ3v) is 3.51. The van der Waals surface area contributed by atoms with E-state index in [0.717, 1.165) is 0 Å². The van der Waals surface area contributed by atoms with Gasteiger partial charge in [-0.2, -0.15) is 6.10 Å². The first-order chi connectivity index (χ1) is 16.5. The minimum atomic E-state index is -4.92. The second-order valence-electron chi connectivity index (χ2n) is 7.75. The third-order valence-electron chi connectivity index (χ3n) is 3.51. The van der Waals surface area contributed by atoms with Gasteiger partial charge in [0.2, 0.25) is 20.8 Å². The fourth-order valence-electron chi connectivity index (χ4n) is 2.29. The van der Waals surface area contributed by atoms with Gasteiger partial charge in [0.25, 0.3) is 6.47 Å². The summed E-state index contributed by atoms with van der Waals surface area (Å²) < 4.78 is 87.4. The van der Waals surface area contributed by atoms with Crippen LogP contribution in [-0.4, -0.2) is 112 Å². The molecule has 25 heteroatoms. The van der Waals surface area contributed by atoms with Crippen LogP contribution in [0.3, 0.4) is 0 Å². The molecule has 0 saturated carbocycles. The third kappa shape index (κ3) is 34.0. The molecule has 2 rings (SSSR count). The van der Waals surface area contributed by atoms with Crippen LogP contribution in [0.15, 0.2) is 0 Å². The Hall–Kier alpha value is 2.85. The van der Waals surface area contributed by atoms with Crippen molar-refractivity contribution in [3.8, 4) is 0 Å². The van der Waals surface area contributed by atoms with E-state index in [-0.39, 0.29) is 125 Å². The van der Waals surface area contributed by atoms with Gasteiger partial charge in [-0.15, -0.1) is 0 Å². The van der Waals surface area contributed by atoms with E-state index in [2.05, 4.69) is 11.8 Å². The maximum Gasteiger partial charge on any atom is 1.00 e. The van der Waals surface area contributed by atoms with Crippen LogP contribution in [0, 0.1) is 20.0 Å². The number of carbonyl (C=O) groups excluding carboxylic acids is 1. The van der Waals surface area contributed by atoms with E-state index in [9.17, 15) is 15.3 Å². The monoisotopic (exact) mass is 678 g/mol. The van der Waals surface area contributed by atoms with Crippen LogP contribution in [0.5, 0.6) is 0 Å². The minimum Gasteiger partial charge on any atom is -0.726 e. The number of ether oxygens (including phenoxy) is 4. The molecule has 0 spiro atoms. The van der Waals surface area contributed by atoms with Gasteiger partial charge in [-0.3, -0.25) is 20.3 Å². The van der Waals surface area contributed by atoms with E-state index in [0.29, 0.717) is 0 Å². The Bertz CT molecular complexity index is 819. The average Bonchev–Trinajstić information content (AvgIpc) is 2.69. The topological polar surface area (TPSA) is 326 Å². The molecule has 0 bridgehead atoms. The number of carbonyl (C=O) groups is 1. The van der Waals surface area contributed by atoms with Crippen LogP contribution < -0.4 is 123 Å². The zero-order valence-electron chi connectivity index (χ0n) is 23.4. The summed E-state index contributed by atoms with van der Waals surface area (Å²) in [5.74, 6) is 0. The van der Waals surface area contributed by atoms with Gasteiger partial charge >= 0.3 is 118 Å². The second kappa shape index (κ2) is 26.9. The number of aliphatic hydroxyl groups is 3. The first kappa shape index (κ1) is 56.2. The molecule has 41 heavy (non-hydrogen) atoms. The first-order valence-electron chi connectivity index (χ1n) is 9.50. The van der Waals surface area contributed by atoms with Crippen molar-refractivity contribution in [1.29, 1.82) is 0 Å². The molecule has 0 aromatic carbocycles. The Labute approximate surface area is 326 Å². The van der Waals surface area contributed by atoms with Gasteiger partial charge in [-0.25, -0.2) is 23.4 Å². The quantitative estimate of drug-likeness (QED) is 0.0350. The van der Waals surface area contributed by atoms with E-state index in [1.165, 1.54) is 13.0 Å². The normalized spacial score (nSPS) is 29.1. The minimum absolute atomic E-state index is 0. The molecule has 0 radical (unpaired) electrons. The molecule has 3 unspecified atom stereocenters. The Morgan fingerprint density at radius 2 is 1.34 bits per heavy atom. The molecule has 19 nitrogen and oxygen atoms in total. The number of aliphatic hydroxyl groups excluding tert-OH is 3. The van der Waals surface area contributed by atoms with Crippen LogP contribution in [-0.2, 0) is 49.4 Å². The first-order valence-corrected chi connectivity index (χ1v) is 12.2. The molecule has 2 aliphatic heterocycles. The van der Waals surface area contributed by atoms with Gasteiger partial charge in [-0.1, -0.05) is 6.04 Å². The molecule has 224 valence electrons. The Kier molecular flexibility index (Phi) is 36.8. The summed E-state index contributed by atoms with van der Waals surface area (Å²) in [6.45, 7) is 10.2. The van der Waals surface area contributed by atoms with E-state index in [1.807, 2.05) is 20.8 Å². The summed E-state index contributed by atoms with van der Waals surface area (Å²) in [5.41, 5.74) is 7.35. The van der Waals surface area contributed by atoms with E-state index in [4.69, 9.17) is 69.8 Å². The molecule has 2 saturated heterocycles. The second-order valence-corrected chi connectivity index (χ2v) is 9.46. The van der Waals surface area contributed by atoms with Crippen LogP contribution >= 0.6 is 0 Å². The zero-order valence-corrected chi connectivity index (χ0v) is 33.1. The van der Waals surface area contributed by atoms with Gasteiger partial charge in [0.15, 0.2) is 0 Å². The Morgan fingerprint density at radius 3 is 1.66 bits per heavy atom. The summed E-state index contributed by atoms with van der Waals surface area (Å²) in [6.07, 6.45) is -5.77. The number of hydrogen-bond acceptors (Lipinski definition) is 16. The van der Waals surface area contributed by atoms with Crippen molar-refractivity contribution in [2.45, 2.75) is 75.5 Å². The van der Waals surface area contributed by atoms with E-state index < -0.39 is 75.5 Å². The molecule has 0 aliphatic carbocycles. The maximum absolute atomic E-state index is 10.0. The van der Waals surface area contributed by atoms with Crippen molar-refractivity contribution in [3.05, 3.63) is 25.7 Å². The molecule has 0 aromatic rings. The Morgan fingerprint density at radius 1 is 0.951 bits per heavy atom. The van der Waals surface area contributed by atoms with Crippen LogP contribution in [0.25, 0.3) is 5.73 Å². The summed E-state index contributed by atoms with van der Waals surface area (Å²) in [5, 5.41) is 37.9. The average molecular weight is 678 g/mol. The maximum atomic E-state index is 10.0. The van der Waals surface area contributed by atoms with Crippen molar-refractivity contribution in [3.63, 3.8) is 0 Å². The molecular formula is C16H28NNa4O18S2-3. The fourth-order valence-corrected chi connectivity index (χ4v) is 2.29. The summed E-state index contributed by atoms with van der Waals surface area (Å²) in [4.78, 5) is 11.2. The van der Waals surface area contributed by atoms with Gasteiger partial charge < -0.3 is 66.2 Å². The van der Waals surface area contributed by atoms with Gasteiger partial charge in [0.1, 0.15) is 12.6 Å². The van der Waals surface area contributed by atoms with Gasteiger partial charge in [0, 0.05) is 0 Å². The van der Waals surface area contributed by atoms with Gasteiger partial charge in [0.05, 0.1) is 17.8 Å². The van der Waals surface area contributed by atoms with Crippen LogP contribution in [0.4, 0.5) is 0 Å². The largest absolute Gasteiger partial charge is 1.00 e. The van der Waals surface area contributed by atoms with E-state index >= 15 is 0 Å². The molecule has 0 aromatic heterocycles. The van der Waals surface area contributed by atoms with Gasteiger partial charge in [-0.05, 0) is 33.0 Å². The standard InChI is InChI=1S/C15H25NO7.CH2O3.4Na.2H2O4S/c1-7-11(18)12(19)10(16)14(21-7)22-8-5-9(17)13(20-6-8)23-15(2,3)4;2-1-4-3;;;;;2*1-5(2,3)4/h5-14,16-19H,1H2,2-4H3;1,3H;;;;;2*(H2,1,2,3,4)/q-4;;4*+1;;/p-3/t7?,8-,9?,10?,11+,12+,13-,14+;;;;;;;/m0......./s1. The number of rotatable bonds is 4. The van der Waals surface area contributed by atoms with Crippen LogP contribution in [0.1, 0.15) is 20.8 Å². The predicted molar refractivity (Wildman–Crippen MR) is 111 cm³/mol. The SMILES string of the molecule is O=CO[O-].O=S(=O)([O-])O.O=S(=O)([O-])O.[CH2-]C1O[C@H](O[C@@H]2[CH-]O[C@@H](OC(C)(C)C)C(O)[CH-]2)C([NH-])[C@@H](O)[C@@H]1O.[Na+].[Na+].[Na+].[Na+]. The van der Waals surface area contributed by atoms with E-state index in [1.54, 1.807) is 0 Å². The molecule has 0 amide bonds. The van der Waals surface area contributed by atoms with Crippen molar-refractivity contribution < 1.29 is 202 Å². The van der Waals surface area contributed by atoms with Crippen molar-refractivity contribution in [2.24, 2.45) is 0 Å². The Balaban J connectivity index is -0.000000143. The molecule has 2 heterocycles. The predicted octanol–water partition coefficient (Wildman–Crippen LogP) is -15.6. The number of nitrogens with one attached hydrogen (secondary N) is 1. The number of hydrogen-bond donors (Lipinski definition) is 5. The zero-order chi connectivity index (χ0) is 29.8. The molecular weight excluding hydrogens is 650 g/mol. The summed E-state index contributed by atoms with van der Waals surface area (Å²) in [6, 6.07) is -1.20. The molecule has 6 N–H and O–H groups in total. The fraction of sp³-hybridized carbons (Fsp3) is 0.750. The molecule has 2 fully saturated rings.